The van der Waals surface area contributed by atoms with Crippen LogP contribution in [-0.2, 0) is 0 Å². The first-order valence-electron chi connectivity index (χ1n) is 11.3. The van der Waals surface area contributed by atoms with Crippen LogP contribution in [0.15, 0.2) is 72.8 Å². The zero-order chi connectivity index (χ0) is 22.3. The second-order valence-electron chi connectivity index (χ2n) is 8.47. The van der Waals surface area contributed by atoms with Gasteiger partial charge in [0.15, 0.2) is 0 Å². The molecule has 4 aromatic rings. The van der Waals surface area contributed by atoms with Gasteiger partial charge in [0.25, 0.3) is 0 Å². The number of phenols is 2. The summed E-state index contributed by atoms with van der Waals surface area (Å²) < 4.78 is 11.8. The van der Waals surface area contributed by atoms with Crippen molar-refractivity contribution in [3.63, 3.8) is 0 Å². The summed E-state index contributed by atoms with van der Waals surface area (Å²) in [5, 5.41) is 23.4. The number of ether oxygens (including phenoxy) is 2. The molecular weight excluding hydrogens is 400 g/mol. The molecule has 32 heavy (non-hydrogen) atoms. The smallest absolute Gasteiger partial charge is 0.119 e. The average molecular weight is 431 g/mol. The highest BCUT2D eigenvalue weighted by atomic mass is 16.5. The van der Waals surface area contributed by atoms with Crippen LogP contribution >= 0.6 is 0 Å². The van der Waals surface area contributed by atoms with Gasteiger partial charge in [-0.05, 0) is 102 Å². The number of rotatable bonds is 10. The van der Waals surface area contributed by atoms with Crippen LogP contribution in [0.25, 0.3) is 21.5 Å². The Bertz CT molecular complexity index is 1090. The molecule has 0 saturated heterocycles. The maximum absolute atomic E-state index is 9.64. The van der Waals surface area contributed by atoms with Crippen LogP contribution in [0.3, 0.4) is 0 Å². The van der Waals surface area contributed by atoms with Gasteiger partial charge >= 0.3 is 0 Å². The molecule has 0 aliphatic carbocycles. The first-order chi connectivity index (χ1) is 15.6. The molecule has 0 aliphatic rings. The molecule has 0 saturated carbocycles. The van der Waals surface area contributed by atoms with Gasteiger partial charge in [0.1, 0.15) is 23.0 Å². The summed E-state index contributed by atoms with van der Waals surface area (Å²) >= 11 is 0. The summed E-state index contributed by atoms with van der Waals surface area (Å²) in [5.74, 6) is 2.84. The molecule has 0 aromatic heterocycles. The lowest BCUT2D eigenvalue weighted by Crippen LogP contribution is -2.04. The van der Waals surface area contributed by atoms with Gasteiger partial charge in [0.05, 0.1) is 13.2 Å². The molecule has 4 rings (SSSR count). The van der Waals surface area contributed by atoms with Crippen LogP contribution in [0.5, 0.6) is 23.0 Å². The number of phenolic OH excluding ortho intramolecular Hbond substituents is 2. The van der Waals surface area contributed by atoms with Crippen LogP contribution in [0.2, 0.25) is 0 Å². The Morgan fingerprint density at radius 3 is 1.50 bits per heavy atom. The lowest BCUT2D eigenvalue weighted by molar-refractivity contribution is 0.274. The first-order valence-corrected chi connectivity index (χ1v) is 11.3. The minimum Gasteiger partial charge on any atom is -0.508 e. The molecule has 0 amide bonds. The first kappa shape index (κ1) is 21.8. The maximum Gasteiger partial charge on any atom is 0.119 e. The summed E-state index contributed by atoms with van der Waals surface area (Å²) in [5.41, 5.74) is 0. The third-order valence-corrected chi connectivity index (χ3v) is 5.81. The monoisotopic (exact) mass is 430 g/mol. The van der Waals surface area contributed by atoms with E-state index in [0.29, 0.717) is 19.1 Å². The third kappa shape index (κ3) is 5.85. The van der Waals surface area contributed by atoms with E-state index in [-0.39, 0.29) is 11.5 Å². The fraction of sp³-hybridized carbons (Fsp3) is 0.286. The minimum absolute atomic E-state index is 0.271. The number of fused-ring (bicyclic) bond motifs is 2. The SMILES string of the molecule is CC(CCCOc1ccc2ccc(O)cc2c1)CCCOc1ccc2ccc(O)cc2c1. The Hall–Kier alpha value is -3.40. The van der Waals surface area contributed by atoms with Crippen molar-refractivity contribution in [3.05, 3.63) is 72.8 Å². The van der Waals surface area contributed by atoms with Gasteiger partial charge in [-0.3, -0.25) is 0 Å². The van der Waals surface area contributed by atoms with E-state index in [9.17, 15) is 10.2 Å². The van der Waals surface area contributed by atoms with Crippen molar-refractivity contribution in [2.24, 2.45) is 5.92 Å². The average Bonchev–Trinajstić information content (AvgIpc) is 2.79. The number of aromatic hydroxyl groups is 2. The molecule has 0 spiro atoms. The molecule has 0 bridgehead atoms. The van der Waals surface area contributed by atoms with E-state index in [1.807, 2.05) is 48.5 Å². The molecule has 0 radical (unpaired) electrons. The Morgan fingerprint density at radius 1 is 0.594 bits per heavy atom. The molecule has 0 unspecified atom stereocenters. The van der Waals surface area contributed by atoms with E-state index in [2.05, 4.69) is 6.92 Å². The molecule has 4 aromatic carbocycles. The highest BCUT2D eigenvalue weighted by Gasteiger charge is 2.05. The predicted molar refractivity (Wildman–Crippen MR) is 130 cm³/mol. The molecule has 0 aliphatic heterocycles. The molecule has 2 N–H and O–H groups in total. The Morgan fingerprint density at radius 2 is 1.03 bits per heavy atom. The third-order valence-electron chi connectivity index (χ3n) is 5.81. The largest absolute Gasteiger partial charge is 0.508 e. The number of hydrogen-bond donors (Lipinski definition) is 2. The van der Waals surface area contributed by atoms with E-state index < -0.39 is 0 Å². The van der Waals surface area contributed by atoms with Gasteiger partial charge in [0, 0.05) is 0 Å². The van der Waals surface area contributed by atoms with E-state index in [4.69, 9.17) is 9.47 Å². The highest BCUT2D eigenvalue weighted by molar-refractivity contribution is 5.85. The number of hydrogen-bond acceptors (Lipinski definition) is 4. The Labute approximate surface area is 189 Å². The fourth-order valence-corrected chi connectivity index (χ4v) is 3.99. The molecule has 0 heterocycles. The Balaban J connectivity index is 1.14. The molecular formula is C28H30O4. The van der Waals surface area contributed by atoms with Crippen LogP contribution < -0.4 is 9.47 Å². The predicted octanol–water partition coefficient (Wildman–Crippen LogP) is 7.06. The normalized spacial score (nSPS) is 11.3. The van der Waals surface area contributed by atoms with E-state index in [1.54, 1.807) is 24.3 Å². The van der Waals surface area contributed by atoms with E-state index in [1.165, 1.54) is 0 Å². The van der Waals surface area contributed by atoms with Crippen molar-refractivity contribution in [1.82, 2.24) is 0 Å². The van der Waals surface area contributed by atoms with Crippen molar-refractivity contribution in [3.8, 4) is 23.0 Å². The second-order valence-corrected chi connectivity index (χ2v) is 8.47. The standard InChI is InChI=1S/C28H30O4/c1-20(4-2-14-31-27-12-8-21-6-10-25(29)16-23(21)18-27)5-3-15-32-28-13-9-22-7-11-26(30)17-24(22)19-28/h6-13,16-20,29-30H,2-5,14-15H2,1H3. The lowest BCUT2D eigenvalue weighted by atomic mass is 10.0. The quantitative estimate of drug-likeness (QED) is 0.264. The van der Waals surface area contributed by atoms with Crippen LogP contribution in [0.1, 0.15) is 32.6 Å². The zero-order valence-electron chi connectivity index (χ0n) is 18.5. The van der Waals surface area contributed by atoms with Crippen molar-refractivity contribution in [2.45, 2.75) is 32.6 Å². The van der Waals surface area contributed by atoms with Crippen LogP contribution in [0, 0.1) is 5.92 Å². The summed E-state index contributed by atoms with van der Waals surface area (Å²) in [6.45, 7) is 3.65. The van der Waals surface area contributed by atoms with Crippen molar-refractivity contribution in [2.75, 3.05) is 13.2 Å². The molecule has 166 valence electrons. The molecule has 4 nitrogen and oxygen atoms in total. The fourth-order valence-electron chi connectivity index (χ4n) is 3.99. The lowest BCUT2D eigenvalue weighted by Gasteiger charge is -2.13. The number of benzene rings is 4. The van der Waals surface area contributed by atoms with E-state index >= 15 is 0 Å². The van der Waals surface area contributed by atoms with Crippen LogP contribution in [0.4, 0.5) is 0 Å². The van der Waals surface area contributed by atoms with Crippen molar-refractivity contribution >= 4 is 21.5 Å². The second kappa shape index (κ2) is 10.3. The van der Waals surface area contributed by atoms with Crippen LogP contribution in [-0.4, -0.2) is 23.4 Å². The van der Waals surface area contributed by atoms with Gasteiger partial charge in [-0.1, -0.05) is 31.2 Å². The zero-order valence-corrected chi connectivity index (χ0v) is 18.5. The van der Waals surface area contributed by atoms with Gasteiger partial charge in [-0.25, -0.2) is 0 Å². The Kier molecular flexibility index (Phi) is 7.00. The van der Waals surface area contributed by atoms with Gasteiger partial charge in [0.2, 0.25) is 0 Å². The summed E-state index contributed by atoms with van der Waals surface area (Å²) in [7, 11) is 0. The van der Waals surface area contributed by atoms with Gasteiger partial charge in [-0.15, -0.1) is 0 Å². The summed E-state index contributed by atoms with van der Waals surface area (Å²) in [6, 6.07) is 22.7. The van der Waals surface area contributed by atoms with Crippen molar-refractivity contribution in [1.29, 1.82) is 0 Å². The topological polar surface area (TPSA) is 58.9 Å². The van der Waals surface area contributed by atoms with Crippen molar-refractivity contribution < 1.29 is 19.7 Å². The van der Waals surface area contributed by atoms with Gasteiger partial charge in [-0.2, -0.15) is 0 Å². The highest BCUT2D eigenvalue weighted by Crippen LogP contribution is 2.26. The molecule has 0 atom stereocenters. The maximum atomic E-state index is 9.64. The molecule has 4 heteroatoms. The van der Waals surface area contributed by atoms with Gasteiger partial charge < -0.3 is 19.7 Å². The molecule has 0 fully saturated rings. The summed E-state index contributed by atoms with van der Waals surface area (Å²) in [6.07, 6.45) is 4.25. The minimum atomic E-state index is 0.271. The summed E-state index contributed by atoms with van der Waals surface area (Å²) in [4.78, 5) is 0. The van der Waals surface area contributed by atoms with E-state index in [0.717, 1.165) is 58.7 Å².